The zero-order chi connectivity index (χ0) is 30.5. The van der Waals surface area contributed by atoms with Gasteiger partial charge in [-0.15, -0.1) is 0 Å². The Morgan fingerprint density at radius 2 is 0.804 bits per heavy atom. The summed E-state index contributed by atoms with van der Waals surface area (Å²) < 4.78 is 8.95. The normalized spacial score (nSPS) is 11.7. The number of rotatable bonds is 6. The van der Waals surface area contributed by atoms with Crippen molar-refractivity contribution >= 4 is 43.9 Å². The Morgan fingerprint density at radius 3 is 1.26 bits per heavy atom. The average molecular weight is 595 g/mol. The molecule has 6 heteroatoms. The van der Waals surface area contributed by atoms with E-state index < -0.39 is 0 Å². The number of imidazole rings is 2. The van der Waals surface area contributed by atoms with Gasteiger partial charge in [-0.05, 0) is 47.5 Å². The fourth-order valence-electron chi connectivity index (χ4n) is 6.54. The Balaban J connectivity index is 1.18. The van der Waals surface area contributed by atoms with E-state index in [9.17, 15) is 0 Å². The van der Waals surface area contributed by atoms with Crippen LogP contribution in [0.4, 0.5) is 0 Å². The SMILES string of the molecule is c1ccc(C[n+]2cn(-c3ccc4ccc5ccc(-n6c[n+](Cc7ccccc7)c7ccccc76)nc5c4n3)c3ccccc32)cc1. The lowest BCUT2D eigenvalue weighted by molar-refractivity contribution is -0.663. The lowest BCUT2D eigenvalue weighted by atomic mass is 10.1. The number of hydrogen-bond acceptors (Lipinski definition) is 2. The van der Waals surface area contributed by atoms with E-state index in [1.54, 1.807) is 0 Å². The molecule has 0 amide bonds. The van der Waals surface area contributed by atoms with Crippen LogP contribution >= 0.6 is 0 Å². The average Bonchev–Trinajstić information content (AvgIpc) is 3.67. The van der Waals surface area contributed by atoms with Crippen LogP contribution < -0.4 is 9.13 Å². The third kappa shape index (κ3) is 4.50. The predicted molar refractivity (Wildman–Crippen MR) is 182 cm³/mol. The summed E-state index contributed by atoms with van der Waals surface area (Å²) >= 11 is 0. The highest BCUT2D eigenvalue weighted by Gasteiger charge is 2.21. The minimum absolute atomic E-state index is 0.783. The van der Waals surface area contributed by atoms with Gasteiger partial charge < -0.3 is 0 Å². The lowest BCUT2D eigenvalue weighted by Crippen LogP contribution is -2.32. The molecule has 0 fully saturated rings. The van der Waals surface area contributed by atoms with Crippen molar-refractivity contribution < 1.29 is 9.13 Å². The molecular weight excluding hydrogens is 564 g/mol. The van der Waals surface area contributed by atoms with E-state index in [0.29, 0.717) is 0 Å². The van der Waals surface area contributed by atoms with Crippen LogP contribution in [0.5, 0.6) is 0 Å². The highest BCUT2D eigenvalue weighted by atomic mass is 15.2. The molecule has 9 rings (SSSR count). The first-order valence-corrected chi connectivity index (χ1v) is 15.6. The van der Waals surface area contributed by atoms with Gasteiger partial charge in [0.25, 0.3) is 12.7 Å². The molecule has 0 spiro atoms. The van der Waals surface area contributed by atoms with Crippen LogP contribution in [0, 0.1) is 0 Å². The maximum atomic E-state index is 5.27. The van der Waals surface area contributed by atoms with Crippen molar-refractivity contribution in [3.8, 4) is 11.6 Å². The second kappa shape index (κ2) is 10.8. The van der Waals surface area contributed by atoms with Gasteiger partial charge in [0.2, 0.25) is 11.6 Å². The minimum Gasteiger partial charge on any atom is -0.225 e. The van der Waals surface area contributed by atoms with Crippen molar-refractivity contribution in [2.24, 2.45) is 0 Å². The Bertz CT molecular complexity index is 2350. The molecular formula is C40H30N6+2. The van der Waals surface area contributed by atoms with E-state index in [1.165, 1.54) is 11.1 Å². The highest BCUT2D eigenvalue weighted by molar-refractivity contribution is 6.03. The van der Waals surface area contributed by atoms with Gasteiger partial charge in [0.15, 0.2) is 22.1 Å². The summed E-state index contributed by atoms with van der Waals surface area (Å²) in [4.78, 5) is 10.5. The summed E-state index contributed by atoms with van der Waals surface area (Å²) in [7, 11) is 0. The van der Waals surface area contributed by atoms with Gasteiger partial charge in [0.1, 0.15) is 24.1 Å². The zero-order valence-corrected chi connectivity index (χ0v) is 25.1. The van der Waals surface area contributed by atoms with Crippen molar-refractivity contribution in [1.82, 2.24) is 19.1 Å². The monoisotopic (exact) mass is 594 g/mol. The summed E-state index contributed by atoms with van der Waals surface area (Å²) in [5.74, 6) is 1.73. The smallest absolute Gasteiger partial charge is 0.225 e. The molecule has 6 nitrogen and oxygen atoms in total. The molecule has 0 aliphatic heterocycles. The maximum Gasteiger partial charge on any atom is 0.251 e. The number of para-hydroxylation sites is 4. The first-order chi connectivity index (χ1) is 22.8. The van der Waals surface area contributed by atoms with E-state index in [0.717, 1.165) is 68.6 Å². The topological polar surface area (TPSA) is 43.4 Å². The third-order valence-corrected chi connectivity index (χ3v) is 8.79. The van der Waals surface area contributed by atoms with Gasteiger partial charge in [-0.1, -0.05) is 97.1 Å². The number of fused-ring (bicyclic) bond motifs is 5. The first-order valence-electron chi connectivity index (χ1n) is 15.6. The summed E-state index contributed by atoms with van der Waals surface area (Å²) in [6.45, 7) is 1.57. The maximum absolute atomic E-state index is 5.27. The minimum atomic E-state index is 0.783. The standard InChI is InChI=1S/C40H30N6/c1-3-11-29(12-4-1)25-43-27-45(35-17-9-7-15-33(35)43)37-23-21-31-19-20-32-22-24-38(42-40(32)39(31)41-37)46-28-44(26-30-13-5-2-6-14-30)34-16-8-10-18-36(34)46/h1-24,27-28H,25-26H2/q+2. The van der Waals surface area contributed by atoms with Crippen molar-refractivity contribution in [2.45, 2.75) is 13.1 Å². The molecule has 0 radical (unpaired) electrons. The molecule has 4 aromatic heterocycles. The van der Waals surface area contributed by atoms with Gasteiger partial charge in [0.05, 0.1) is 0 Å². The lowest BCUT2D eigenvalue weighted by Gasteiger charge is -2.05. The van der Waals surface area contributed by atoms with Crippen LogP contribution in [0.25, 0.3) is 55.5 Å². The largest absolute Gasteiger partial charge is 0.251 e. The van der Waals surface area contributed by atoms with Crippen molar-refractivity contribution in [3.05, 3.63) is 169 Å². The molecule has 0 saturated carbocycles. The number of pyridine rings is 2. The van der Waals surface area contributed by atoms with Gasteiger partial charge in [0, 0.05) is 22.9 Å². The van der Waals surface area contributed by atoms with Crippen LogP contribution in [0.3, 0.4) is 0 Å². The molecule has 46 heavy (non-hydrogen) atoms. The van der Waals surface area contributed by atoms with Crippen molar-refractivity contribution in [3.63, 3.8) is 0 Å². The highest BCUT2D eigenvalue weighted by Crippen LogP contribution is 2.27. The first kappa shape index (κ1) is 26.3. The molecule has 5 aromatic carbocycles. The number of aromatic nitrogens is 6. The van der Waals surface area contributed by atoms with Gasteiger partial charge in [-0.2, -0.15) is 9.13 Å². The molecule has 4 heterocycles. The molecule has 0 saturated heterocycles. The molecule has 0 atom stereocenters. The molecule has 0 aliphatic rings. The Kier molecular flexibility index (Phi) is 6.16. The van der Waals surface area contributed by atoms with Gasteiger partial charge in [-0.25, -0.2) is 19.1 Å². The Hall–Kier alpha value is -6.14. The molecule has 0 aliphatic carbocycles. The molecule has 9 aromatic rings. The predicted octanol–water partition coefficient (Wildman–Crippen LogP) is 7.34. The van der Waals surface area contributed by atoms with E-state index in [1.807, 2.05) is 0 Å². The summed E-state index contributed by atoms with van der Waals surface area (Å²) in [6, 6.07) is 50.9. The van der Waals surface area contributed by atoms with Crippen LogP contribution in [0.1, 0.15) is 11.1 Å². The quantitative estimate of drug-likeness (QED) is 0.149. The van der Waals surface area contributed by atoms with Crippen LogP contribution in [0.15, 0.2) is 158 Å². The second-order valence-electron chi connectivity index (χ2n) is 11.7. The zero-order valence-electron chi connectivity index (χ0n) is 25.1. The summed E-state index contributed by atoms with van der Waals surface area (Å²) in [5.41, 5.74) is 8.84. The second-order valence-corrected chi connectivity index (χ2v) is 11.7. The molecule has 0 unspecified atom stereocenters. The number of benzene rings is 5. The van der Waals surface area contributed by atoms with E-state index >= 15 is 0 Å². The fraction of sp³-hybridized carbons (Fsp3) is 0.0500. The van der Waals surface area contributed by atoms with Crippen molar-refractivity contribution in [2.75, 3.05) is 0 Å². The number of nitrogens with zero attached hydrogens (tertiary/aromatic N) is 6. The van der Waals surface area contributed by atoms with Gasteiger partial charge in [-0.3, -0.25) is 0 Å². The van der Waals surface area contributed by atoms with Crippen LogP contribution in [-0.4, -0.2) is 19.1 Å². The Morgan fingerprint density at radius 1 is 0.413 bits per heavy atom. The van der Waals surface area contributed by atoms with Crippen LogP contribution in [0.2, 0.25) is 0 Å². The Labute approximate surface area is 265 Å². The van der Waals surface area contributed by atoms with Crippen molar-refractivity contribution in [1.29, 1.82) is 0 Å². The van der Waals surface area contributed by atoms with E-state index in [2.05, 4.69) is 177 Å². The summed E-state index contributed by atoms with van der Waals surface area (Å²) in [6.07, 6.45) is 4.32. The fourth-order valence-corrected chi connectivity index (χ4v) is 6.54. The number of hydrogen-bond donors (Lipinski definition) is 0. The molecule has 0 N–H and O–H groups in total. The third-order valence-electron chi connectivity index (χ3n) is 8.79. The molecule has 0 bridgehead atoms. The van der Waals surface area contributed by atoms with Crippen LogP contribution in [-0.2, 0) is 13.1 Å². The van der Waals surface area contributed by atoms with E-state index in [4.69, 9.17) is 9.97 Å². The van der Waals surface area contributed by atoms with Gasteiger partial charge >= 0.3 is 0 Å². The summed E-state index contributed by atoms with van der Waals surface area (Å²) in [5, 5.41) is 2.12. The van der Waals surface area contributed by atoms with E-state index in [-0.39, 0.29) is 0 Å². The molecule has 218 valence electrons.